The van der Waals surface area contributed by atoms with Gasteiger partial charge in [0.15, 0.2) is 0 Å². The van der Waals surface area contributed by atoms with Gasteiger partial charge in [-0.3, -0.25) is 4.79 Å². The van der Waals surface area contributed by atoms with Crippen molar-refractivity contribution in [2.24, 2.45) is 0 Å². The molecule has 1 amide bonds. The van der Waals surface area contributed by atoms with Crippen molar-refractivity contribution in [2.75, 3.05) is 13.6 Å². The third-order valence-electron chi connectivity index (χ3n) is 4.36. The number of amides is 1. The van der Waals surface area contributed by atoms with Crippen LogP contribution in [0.15, 0.2) is 24.3 Å². The monoisotopic (exact) mass is 288 g/mol. The molecule has 21 heavy (non-hydrogen) atoms. The van der Waals surface area contributed by atoms with Crippen LogP contribution >= 0.6 is 0 Å². The van der Waals surface area contributed by atoms with Crippen molar-refractivity contribution in [2.45, 2.75) is 58.0 Å². The van der Waals surface area contributed by atoms with E-state index in [1.54, 1.807) is 0 Å². The third kappa shape index (κ3) is 4.85. The van der Waals surface area contributed by atoms with Gasteiger partial charge in [-0.15, -0.1) is 0 Å². The molecule has 3 nitrogen and oxygen atoms in total. The molecule has 116 valence electrons. The highest BCUT2D eigenvalue weighted by atomic mass is 16.2. The number of benzene rings is 1. The summed E-state index contributed by atoms with van der Waals surface area (Å²) in [4.78, 5) is 14.0. The van der Waals surface area contributed by atoms with Gasteiger partial charge in [-0.2, -0.15) is 0 Å². The summed E-state index contributed by atoms with van der Waals surface area (Å²) in [6.07, 6.45) is 4.08. The van der Waals surface area contributed by atoms with Crippen molar-refractivity contribution in [1.82, 2.24) is 10.2 Å². The van der Waals surface area contributed by atoms with E-state index in [0.717, 1.165) is 13.0 Å². The number of nitrogens with zero attached hydrogens (tertiary/aromatic N) is 1. The fraction of sp³-hybridized carbons (Fsp3) is 0.611. The van der Waals surface area contributed by atoms with Crippen molar-refractivity contribution in [1.29, 1.82) is 0 Å². The van der Waals surface area contributed by atoms with E-state index >= 15 is 0 Å². The number of nitrogens with one attached hydrogen (secondary N) is 1. The largest absolute Gasteiger partial charge is 0.341 e. The minimum absolute atomic E-state index is 0.247. The predicted molar refractivity (Wildman–Crippen MR) is 87.3 cm³/mol. The van der Waals surface area contributed by atoms with Gasteiger partial charge in [-0.1, -0.05) is 38.1 Å². The molecule has 0 spiro atoms. The molecule has 1 atom stereocenters. The molecular formula is C18H28N2O. The summed E-state index contributed by atoms with van der Waals surface area (Å²) in [7, 11) is 1.90. The Hall–Kier alpha value is -1.35. The number of rotatable bonds is 6. The van der Waals surface area contributed by atoms with Gasteiger partial charge in [0.05, 0.1) is 0 Å². The molecule has 0 saturated carbocycles. The molecule has 0 radical (unpaired) electrons. The van der Waals surface area contributed by atoms with Crippen molar-refractivity contribution < 1.29 is 4.79 Å². The van der Waals surface area contributed by atoms with E-state index < -0.39 is 0 Å². The van der Waals surface area contributed by atoms with Crippen LogP contribution in [0.2, 0.25) is 0 Å². The van der Waals surface area contributed by atoms with Crippen molar-refractivity contribution in [3.05, 3.63) is 35.4 Å². The topological polar surface area (TPSA) is 32.3 Å². The molecule has 1 aromatic carbocycles. The second kappa shape index (κ2) is 7.60. The van der Waals surface area contributed by atoms with Crippen molar-refractivity contribution >= 4 is 5.91 Å². The Labute approximate surface area is 128 Å². The lowest BCUT2D eigenvalue weighted by Crippen LogP contribution is -2.29. The van der Waals surface area contributed by atoms with Crippen LogP contribution < -0.4 is 5.32 Å². The second-order valence-corrected chi connectivity index (χ2v) is 6.48. The van der Waals surface area contributed by atoms with Crippen LogP contribution in [0.25, 0.3) is 0 Å². The lowest BCUT2D eigenvalue weighted by molar-refractivity contribution is -0.130. The minimum Gasteiger partial charge on any atom is -0.341 e. The zero-order chi connectivity index (χ0) is 15.2. The first kappa shape index (κ1) is 16.0. The molecule has 1 aliphatic heterocycles. The van der Waals surface area contributed by atoms with E-state index in [0.29, 0.717) is 24.9 Å². The van der Waals surface area contributed by atoms with Crippen LogP contribution in [0.4, 0.5) is 0 Å². The average Bonchev–Trinajstić information content (AvgIpc) is 2.98. The maximum absolute atomic E-state index is 12.2. The molecule has 1 aliphatic rings. The lowest BCUT2D eigenvalue weighted by Gasteiger charge is -2.19. The minimum atomic E-state index is 0.247. The summed E-state index contributed by atoms with van der Waals surface area (Å²) in [5.41, 5.74) is 2.55. The van der Waals surface area contributed by atoms with E-state index in [1.807, 2.05) is 11.9 Å². The van der Waals surface area contributed by atoms with E-state index in [2.05, 4.69) is 43.4 Å². The molecule has 0 aliphatic carbocycles. The highest BCUT2D eigenvalue weighted by Crippen LogP contribution is 2.16. The normalized spacial score (nSPS) is 18.2. The molecule has 1 N–H and O–H groups in total. The zero-order valence-electron chi connectivity index (χ0n) is 13.6. The fourth-order valence-corrected chi connectivity index (χ4v) is 2.86. The summed E-state index contributed by atoms with van der Waals surface area (Å²) < 4.78 is 0. The fourth-order valence-electron chi connectivity index (χ4n) is 2.86. The Morgan fingerprint density at radius 2 is 2.05 bits per heavy atom. The van der Waals surface area contributed by atoms with Crippen LogP contribution in [0.3, 0.4) is 0 Å². The summed E-state index contributed by atoms with van der Waals surface area (Å²) in [5, 5.41) is 3.45. The molecular weight excluding hydrogens is 260 g/mol. The first-order valence-corrected chi connectivity index (χ1v) is 8.12. The van der Waals surface area contributed by atoms with Crippen LogP contribution in [0.5, 0.6) is 0 Å². The quantitative estimate of drug-likeness (QED) is 0.871. The lowest BCUT2D eigenvalue weighted by atomic mass is 10.0. The SMILES string of the molecule is CC(C)c1ccc(CN(C)C(=O)CCC2CCCN2)cc1. The Morgan fingerprint density at radius 1 is 1.33 bits per heavy atom. The summed E-state index contributed by atoms with van der Waals surface area (Å²) in [6, 6.07) is 9.16. The van der Waals surface area contributed by atoms with Crippen LogP contribution in [-0.4, -0.2) is 30.4 Å². The first-order chi connectivity index (χ1) is 10.1. The molecule has 3 heteroatoms. The van der Waals surface area contributed by atoms with Gasteiger partial charge in [0.1, 0.15) is 0 Å². The summed E-state index contributed by atoms with van der Waals surface area (Å²) in [6.45, 7) is 6.20. The molecule has 1 unspecified atom stereocenters. The molecule has 2 rings (SSSR count). The van der Waals surface area contributed by atoms with Crippen LogP contribution in [-0.2, 0) is 11.3 Å². The maximum Gasteiger partial charge on any atom is 0.222 e. The van der Waals surface area contributed by atoms with Gasteiger partial charge in [0.25, 0.3) is 0 Å². The Bertz CT molecular complexity index is 447. The number of hydrogen-bond acceptors (Lipinski definition) is 2. The number of carbonyl (C=O) groups is 1. The van der Waals surface area contributed by atoms with Gasteiger partial charge >= 0.3 is 0 Å². The summed E-state index contributed by atoms with van der Waals surface area (Å²) >= 11 is 0. The highest BCUT2D eigenvalue weighted by molar-refractivity contribution is 5.75. The average molecular weight is 288 g/mol. The molecule has 0 aromatic heterocycles. The second-order valence-electron chi connectivity index (χ2n) is 6.48. The molecule has 1 saturated heterocycles. The maximum atomic E-state index is 12.2. The standard InChI is InChI=1S/C18H28N2O/c1-14(2)16-8-6-15(7-9-16)13-20(3)18(21)11-10-17-5-4-12-19-17/h6-9,14,17,19H,4-5,10-13H2,1-3H3. The third-order valence-corrected chi connectivity index (χ3v) is 4.36. The first-order valence-electron chi connectivity index (χ1n) is 8.12. The molecule has 1 aromatic rings. The van der Waals surface area contributed by atoms with E-state index in [4.69, 9.17) is 0 Å². The van der Waals surface area contributed by atoms with E-state index in [1.165, 1.54) is 24.0 Å². The van der Waals surface area contributed by atoms with Gasteiger partial charge in [-0.05, 0) is 42.9 Å². The van der Waals surface area contributed by atoms with E-state index in [-0.39, 0.29) is 5.91 Å². The number of hydrogen-bond donors (Lipinski definition) is 1. The molecule has 0 bridgehead atoms. The van der Waals surface area contributed by atoms with Gasteiger partial charge < -0.3 is 10.2 Å². The Kier molecular flexibility index (Phi) is 5.80. The van der Waals surface area contributed by atoms with Gasteiger partial charge in [0, 0.05) is 26.1 Å². The number of carbonyl (C=O) groups excluding carboxylic acids is 1. The highest BCUT2D eigenvalue weighted by Gasteiger charge is 2.17. The van der Waals surface area contributed by atoms with Crippen molar-refractivity contribution in [3.8, 4) is 0 Å². The summed E-state index contributed by atoms with van der Waals surface area (Å²) in [5.74, 6) is 0.800. The van der Waals surface area contributed by atoms with Gasteiger partial charge in [0.2, 0.25) is 5.91 Å². The zero-order valence-corrected chi connectivity index (χ0v) is 13.6. The van der Waals surface area contributed by atoms with E-state index in [9.17, 15) is 4.79 Å². The van der Waals surface area contributed by atoms with Crippen LogP contribution in [0.1, 0.15) is 56.6 Å². The Balaban J connectivity index is 1.79. The smallest absolute Gasteiger partial charge is 0.222 e. The predicted octanol–water partition coefficient (Wildman–Crippen LogP) is 3.30. The van der Waals surface area contributed by atoms with Crippen LogP contribution in [0, 0.1) is 0 Å². The molecule has 1 fully saturated rings. The molecule has 1 heterocycles. The van der Waals surface area contributed by atoms with Crippen molar-refractivity contribution in [3.63, 3.8) is 0 Å². The van der Waals surface area contributed by atoms with Gasteiger partial charge in [-0.25, -0.2) is 0 Å². The Morgan fingerprint density at radius 3 is 2.62 bits per heavy atom.